The largest absolute Gasteiger partial charge is 0.421 e. The van der Waals surface area contributed by atoms with Crippen molar-refractivity contribution in [3.63, 3.8) is 0 Å². The molecule has 6 nitrogen and oxygen atoms in total. The normalized spacial score (nSPS) is 11.5. The molecule has 5 aromatic carbocycles. The first-order valence-corrected chi connectivity index (χ1v) is 13.4. The van der Waals surface area contributed by atoms with Gasteiger partial charge in [0.2, 0.25) is 5.78 Å². The van der Waals surface area contributed by atoms with Gasteiger partial charge in [-0.2, -0.15) is 0 Å². The van der Waals surface area contributed by atoms with Crippen LogP contribution < -0.4 is 0 Å². The van der Waals surface area contributed by atoms with Gasteiger partial charge in [0.25, 0.3) is 5.91 Å². The second-order valence-electron chi connectivity index (χ2n) is 9.45. The summed E-state index contributed by atoms with van der Waals surface area (Å²) >= 11 is 0. The van der Waals surface area contributed by atoms with Crippen LogP contribution in [-0.2, 0) is 4.74 Å². The number of Topliss-reactive ketones (excluding diaryl/α,β-unsaturated/α-hetero) is 1. The van der Waals surface area contributed by atoms with Crippen molar-refractivity contribution >= 4 is 40.0 Å². The first-order chi connectivity index (χ1) is 20.6. The number of carbonyl (C=O) groups is 3. The quantitative estimate of drug-likeness (QED) is 0.0903. The molecule has 0 bridgehead atoms. The molecule has 0 unspecified atom stereocenters. The molecule has 6 aromatic rings. The Morgan fingerprint density at radius 1 is 0.524 bits per heavy atom. The molecule has 6 heteroatoms. The first-order valence-electron chi connectivity index (χ1n) is 13.4. The van der Waals surface area contributed by atoms with Crippen molar-refractivity contribution in [3.05, 3.63) is 174 Å². The maximum absolute atomic E-state index is 14.5. The van der Waals surface area contributed by atoms with Crippen LogP contribution in [0.5, 0.6) is 0 Å². The van der Waals surface area contributed by atoms with Crippen LogP contribution in [0, 0.1) is 0 Å². The van der Waals surface area contributed by atoms with Crippen LogP contribution >= 0.6 is 0 Å². The van der Waals surface area contributed by atoms with Gasteiger partial charge in [0.05, 0.1) is 16.6 Å². The molecule has 0 saturated carbocycles. The molecular weight excluding hydrogens is 524 g/mol. The van der Waals surface area contributed by atoms with Gasteiger partial charge in [-0.1, -0.05) is 109 Å². The fraction of sp³-hybridized carbons (Fsp3) is 0. The van der Waals surface area contributed by atoms with Crippen LogP contribution in [0.4, 0.5) is 0 Å². The number of ether oxygens (including phenoxy) is 1. The number of rotatable bonds is 7. The van der Waals surface area contributed by atoms with E-state index in [-0.39, 0.29) is 23.1 Å². The summed E-state index contributed by atoms with van der Waals surface area (Å²) in [6, 6.07) is 42.0. The zero-order chi connectivity index (χ0) is 28.9. The third kappa shape index (κ3) is 5.17. The van der Waals surface area contributed by atoms with E-state index >= 15 is 0 Å². The van der Waals surface area contributed by atoms with Crippen LogP contribution in [0.2, 0.25) is 0 Å². The van der Waals surface area contributed by atoms with Gasteiger partial charge in [0.15, 0.2) is 11.6 Å². The van der Waals surface area contributed by atoms with Crippen LogP contribution in [0.3, 0.4) is 0 Å². The van der Waals surface area contributed by atoms with Gasteiger partial charge in [0.1, 0.15) is 5.57 Å². The molecule has 6 rings (SSSR count). The highest BCUT2D eigenvalue weighted by molar-refractivity contribution is 6.34. The minimum Gasteiger partial charge on any atom is -0.421 e. The van der Waals surface area contributed by atoms with Crippen molar-refractivity contribution in [2.45, 2.75) is 0 Å². The summed E-state index contributed by atoms with van der Waals surface area (Å²) in [5.74, 6) is -1.41. The molecule has 202 valence electrons. The number of hydrogen-bond donors (Lipinski definition) is 0. The summed E-state index contributed by atoms with van der Waals surface area (Å²) < 4.78 is 7.49. The van der Waals surface area contributed by atoms with E-state index in [1.807, 2.05) is 24.3 Å². The van der Waals surface area contributed by atoms with Gasteiger partial charge >= 0.3 is 5.97 Å². The van der Waals surface area contributed by atoms with E-state index in [0.717, 1.165) is 0 Å². The van der Waals surface area contributed by atoms with Gasteiger partial charge in [0, 0.05) is 16.7 Å². The van der Waals surface area contributed by atoms with Gasteiger partial charge < -0.3 is 4.74 Å². The van der Waals surface area contributed by atoms with E-state index in [2.05, 4.69) is 0 Å². The highest BCUT2D eigenvalue weighted by Crippen LogP contribution is 2.33. The molecule has 0 saturated heterocycles. The number of fused-ring (bicyclic) bond motifs is 1. The topological polar surface area (TPSA) is 78.3 Å². The number of esters is 1. The molecular formula is C36H24N2O4. The fourth-order valence-corrected chi connectivity index (χ4v) is 4.72. The Morgan fingerprint density at radius 3 is 1.60 bits per heavy atom. The second-order valence-corrected chi connectivity index (χ2v) is 9.45. The molecule has 0 aliphatic carbocycles. The molecule has 0 atom stereocenters. The average Bonchev–Trinajstić information content (AvgIpc) is 3.44. The third-order valence-electron chi connectivity index (χ3n) is 6.74. The lowest BCUT2D eigenvalue weighted by Crippen LogP contribution is -2.19. The standard InChI is InChI=1S/C36H24N2O4/c39-32(25-15-5-1-6-16-25)31(33(26-17-7-2-8-18-26)42-36(41)28-21-11-4-12-22-28)34-37-29-23-13-14-24-30(29)38(34)35(40)27-19-9-3-10-20-27/h1-24H. The summed E-state index contributed by atoms with van der Waals surface area (Å²) in [5, 5.41) is 0. The third-order valence-corrected chi connectivity index (χ3v) is 6.74. The summed E-state index contributed by atoms with van der Waals surface area (Å²) in [4.78, 5) is 46.8. The van der Waals surface area contributed by atoms with Crippen molar-refractivity contribution < 1.29 is 19.1 Å². The number of imidazole rings is 1. The van der Waals surface area contributed by atoms with E-state index in [9.17, 15) is 14.4 Å². The molecule has 42 heavy (non-hydrogen) atoms. The number of carbonyl (C=O) groups excluding carboxylic acids is 3. The van der Waals surface area contributed by atoms with Crippen LogP contribution in [-0.4, -0.2) is 27.2 Å². The minimum atomic E-state index is -0.648. The fourth-order valence-electron chi connectivity index (χ4n) is 4.72. The SMILES string of the molecule is O=C(OC(=C(C(=O)c1ccccc1)c1nc2ccccc2n1C(=O)c1ccccc1)c1ccccc1)c1ccccc1. The predicted octanol–water partition coefficient (Wildman–Crippen LogP) is 7.33. The van der Waals surface area contributed by atoms with Crippen LogP contribution in [0.15, 0.2) is 146 Å². The summed E-state index contributed by atoms with van der Waals surface area (Å²) in [6.07, 6.45) is 0. The lowest BCUT2D eigenvalue weighted by Gasteiger charge is -2.17. The highest BCUT2D eigenvalue weighted by atomic mass is 16.5. The average molecular weight is 549 g/mol. The Bertz CT molecular complexity index is 1930. The van der Waals surface area contributed by atoms with Crippen LogP contribution in [0.1, 0.15) is 42.5 Å². The van der Waals surface area contributed by atoms with Gasteiger partial charge in [-0.05, 0) is 36.4 Å². The Kier molecular flexibility index (Phi) is 7.34. The van der Waals surface area contributed by atoms with Gasteiger partial charge in [-0.3, -0.25) is 14.2 Å². The number of nitrogens with zero attached hydrogens (tertiary/aromatic N) is 2. The summed E-state index contributed by atoms with van der Waals surface area (Å²) in [5.41, 5.74) is 2.56. The second kappa shape index (κ2) is 11.7. The number of ketones is 1. The molecule has 0 radical (unpaired) electrons. The summed E-state index contributed by atoms with van der Waals surface area (Å²) in [6.45, 7) is 0. The Morgan fingerprint density at radius 2 is 1.00 bits per heavy atom. The van der Waals surface area contributed by atoms with Gasteiger partial charge in [-0.15, -0.1) is 0 Å². The predicted molar refractivity (Wildman–Crippen MR) is 162 cm³/mol. The zero-order valence-corrected chi connectivity index (χ0v) is 22.4. The zero-order valence-electron chi connectivity index (χ0n) is 22.4. The van der Waals surface area contributed by atoms with E-state index in [0.29, 0.717) is 33.3 Å². The maximum atomic E-state index is 14.5. The molecule has 0 N–H and O–H groups in total. The van der Waals surface area contributed by atoms with Gasteiger partial charge in [-0.25, -0.2) is 9.78 Å². The maximum Gasteiger partial charge on any atom is 0.343 e. The van der Waals surface area contributed by atoms with Crippen molar-refractivity contribution in [1.29, 1.82) is 0 Å². The molecule has 0 fully saturated rings. The van der Waals surface area contributed by atoms with E-state index in [1.54, 1.807) is 121 Å². The minimum absolute atomic E-state index is 0.00396. The van der Waals surface area contributed by atoms with Crippen LogP contribution in [0.25, 0.3) is 22.4 Å². The Balaban J connectivity index is 1.68. The molecule has 1 aromatic heterocycles. The molecule has 0 aliphatic heterocycles. The smallest absolute Gasteiger partial charge is 0.343 e. The van der Waals surface area contributed by atoms with Crippen molar-refractivity contribution in [1.82, 2.24) is 9.55 Å². The first kappa shape index (κ1) is 26.3. The van der Waals surface area contributed by atoms with E-state index in [4.69, 9.17) is 9.72 Å². The molecule has 1 heterocycles. The molecule has 0 spiro atoms. The highest BCUT2D eigenvalue weighted by Gasteiger charge is 2.31. The number of hydrogen-bond acceptors (Lipinski definition) is 5. The van der Waals surface area contributed by atoms with Crippen molar-refractivity contribution in [3.8, 4) is 0 Å². The number of allylic oxidation sites excluding steroid dienone is 1. The number of para-hydroxylation sites is 2. The lowest BCUT2D eigenvalue weighted by molar-refractivity contribution is 0.0692. The van der Waals surface area contributed by atoms with Crippen molar-refractivity contribution in [2.75, 3.05) is 0 Å². The molecule has 0 amide bonds. The number of benzene rings is 5. The number of aromatic nitrogens is 2. The molecule has 0 aliphatic rings. The Labute approximate surface area is 242 Å². The Hall–Kier alpha value is -5.88. The lowest BCUT2D eigenvalue weighted by atomic mass is 9.98. The summed E-state index contributed by atoms with van der Waals surface area (Å²) in [7, 11) is 0. The monoisotopic (exact) mass is 548 g/mol. The van der Waals surface area contributed by atoms with E-state index < -0.39 is 11.8 Å². The van der Waals surface area contributed by atoms with Crippen molar-refractivity contribution in [2.24, 2.45) is 0 Å². The van der Waals surface area contributed by atoms with E-state index in [1.165, 1.54) is 4.57 Å².